The first kappa shape index (κ1) is 14.4. The predicted octanol–water partition coefficient (Wildman–Crippen LogP) is -0.773. The maximum atomic E-state index is 11.2. The minimum Gasteiger partial charge on any atom is -0.394 e. The molecular formula is C11H23N3O3. The van der Waals surface area contributed by atoms with Crippen LogP contribution in [0.4, 0.5) is 0 Å². The summed E-state index contributed by atoms with van der Waals surface area (Å²) in [6.45, 7) is 7.32. The van der Waals surface area contributed by atoms with Gasteiger partial charge in [0.05, 0.1) is 18.3 Å². The van der Waals surface area contributed by atoms with Gasteiger partial charge in [-0.2, -0.15) is 0 Å². The molecule has 0 bridgehead atoms. The molecule has 2 atom stereocenters. The second kappa shape index (κ2) is 5.77. The summed E-state index contributed by atoms with van der Waals surface area (Å²) in [4.78, 5) is 13.4. The van der Waals surface area contributed by atoms with E-state index in [0.717, 1.165) is 6.54 Å². The maximum Gasteiger partial charge on any atom is 0.235 e. The molecule has 1 saturated heterocycles. The lowest BCUT2D eigenvalue weighted by molar-refractivity contribution is -0.157. The molecule has 0 saturated carbocycles. The number of amides is 1. The van der Waals surface area contributed by atoms with Crippen LogP contribution in [-0.4, -0.2) is 53.4 Å². The lowest BCUT2D eigenvalue weighted by atomic mass is 10.0. The van der Waals surface area contributed by atoms with E-state index < -0.39 is 0 Å². The number of nitrogens with two attached hydrogens (primary N) is 1. The van der Waals surface area contributed by atoms with Crippen LogP contribution in [0, 0.1) is 0 Å². The summed E-state index contributed by atoms with van der Waals surface area (Å²) in [5, 5.41) is 9.20. The normalized spacial score (nSPS) is 26.5. The number of aliphatic hydroxyl groups is 1. The number of nitrogens with zero attached hydrogens (tertiary/aromatic N) is 1. The fourth-order valence-corrected chi connectivity index (χ4v) is 2.23. The van der Waals surface area contributed by atoms with Gasteiger partial charge in [0.15, 0.2) is 0 Å². The lowest BCUT2D eigenvalue weighted by Crippen LogP contribution is -2.56. The standard InChI is InChI=1S/C11H23N3O3/c1-8(4-10(16)13-12)14-5-9(6-15)17-11(2,3)7-14/h8-9,15H,4-7,12H2,1-3H3,(H,13,16). The Hall–Kier alpha value is -0.690. The number of aliphatic hydroxyl groups excluding tert-OH is 1. The Morgan fingerprint density at radius 2 is 2.35 bits per heavy atom. The number of rotatable bonds is 4. The Morgan fingerprint density at radius 1 is 1.71 bits per heavy atom. The van der Waals surface area contributed by atoms with E-state index in [1.54, 1.807) is 0 Å². The molecule has 2 unspecified atom stereocenters. The smallest absolute Gasteiger partial charge is 0.235 e. The number of morpholine rings is 1. The monoisotopic (exact) mass is 245 g/mol. The molecule has 1 fully saturated rings. The zero-order valence-electron chi connectivity index (χ0n) is 10.8. The number of hydrogen-bond donors (Lipinski definition) is 3. The zero-order valence-corrected chi connectivity index (χ0v) is 10.8. The van der Waals surface area contributed by atoms with E-state index in [4.69, 9.17) is 10.6 Å². The number of ether oxygens (including phenoxy) is 1. The molecule has 0 aliphatic carbocycles. The van der Waals surface area contributed by atoms with Crippen LogP contribution in [0.25, 0.3) is 0 Å². The van der Waals surface area contributed by atoms with Gasteiger partial charge in [0.25, 0.3) is 0 Å². The third kappa shape index (κ3) is 4.23. The molecule has 1 rings (SSSR count). The van der Waals surface area contributed by atoms with Crippen molar-refractivity contribution in [3.05, 3.63) is 0 Å². The van der Waals surface area contributed by atoms with Crippen molar-refractivity contribution in [1.29, 1.82) is 0 Å². The van der Waals surface area contributed by atoms with Crippen LogP contribution >= 0.6 is 0 Å². The zero-order chi connectivity index (χ0) is 13.1. The average molecular weight is 245 g/mol. The van der Waals surface area contributed by atoms with Gasteiger partial charge in [0, 0.05) is 25.6 Å². The second-order valence-electron chi connectivity index (χ2n) is 5.23. The van der Waals surface area contributed by atoms with Gasteiger partial charge in [-0.1, -0.05) is 0 Å². The van der Waals surface area contributed by atoms with Gasteiger partial charge in [0.2, 0.25) is 5.91 Å². The van der Waals surface area contributed by atoms with Gasteiger partial charge >= 0.3 is 0 Å². The molecule has 17 heavy (non-hydrogen) atoms. The van der Waals surface area contributed by atoms with Crippen LogP contribution in [0.3, 0.4) is 0 Å². The number of carbonyl (C=O) groups is 1. The highest BCUT2D eigenvalue weighted by Gasteiger charge is 2.35. The van der Waals surface area contributed by atoms with Gasteiger partial charge < -0.3 is 9.84 Å². The Morgan fingerprint density at radius 3 is 2.88 bits per heavy atom. The van der Waals surface area contributed by atoms with Crippen LogP contribution in [-0.2, 0) is 9.53 Å². The van der Waals surface area contributed by atoms with Crippen LogP contribution in [0.1, 0.15) is 27.2 Å². The minimum atomic E-state index is -0.306. The summed E-state index contributed by atoms with van der Waals surface area (Å²) >= 11 is 0. The number of nitrogens with one attached hydrogen (secondary N) is 1. The Balaban J connectivity index is 2.59. The lowest BCUT2D eigenvalue weighted by Gasteiger charge is -2.44. The van der Waals surface area contributed by atoms with Crippen molar-refractivity contribution in [2.24, 2.45) is 5.84 Å². The second-order valence-corrected chi connectivity index (χ2v) is 5.23. The minimum absolute atomic E-state index is 0.00423. The van der Waals surface area contributed by atoms with E-state index >= 15 is 0 Å². The summed E-state index contributed by atoms with van der Waals surface area (Å²) < 4.78 is 5.72. The molecule has 100 valence electrons. The van der Waals surface area contributed by atoms with Crippen molar-refractivity contribution < 1.29 is 14.6 Å². The van der Waals surface area contributed by atoms with Crippen molar-refractivity contribution in [3.63, 3.8) is 0 Å². The highest BCUT2D eigenvalue weighted by Crippen LogP contribution is 2.23. The summed E-state index contributed by atoms with van der Waals surface area (Å²) in [6, 6.07) is 0.0794. The van der Waals surface area contributed by atoms with Crippen molar-refractivity contribution in [3.8, 4) is 0 Å². The molecule has 1 aliphatic heterocycles. The SMILES string of the molecule is CC(CC(=O)NN)N1CC(CO)OC(C)(C)C1. The summed E-state index contributed by atoms with van der Waals surface area (Å²) in [6.07, 6.45) is 0.159. The Bertz CT molecular complexity index is 271. The molecule has 6 nitrogen and oxygen atoms in total. The fourth-order valence-electron chi connectivity index (χ4n) is 2.23. The van der Waals surface area contributed by atoms with E-state index in [9.17, 15) is 9.90 Å². The topological polar surface area (TPSA) is 87.8 Å². The molecular weight excluding hydrogens is 222 g/mol. The fraction of sp³-hybridized carbons (Fsp3) is 0.909. The molecule has 0 aromatic rings. The van der Waals surface area contributed by atoms with Crippen LogP contribution in [0.5, 0.6) is 0 Å². The third-order valence-corrected chi connectivity index (χ3v) is 2.98. The highest BCUT2D eigenvalue weighted by atomic mass is 16.5. The van der Waals surface area contributed by atoms with E-state index in [2.05, 4.69) is 10.3 Å². The molecule has 0 radical (unpaired) electrons. The predicted molar refractivity (Wildman–Crippen MR) is 64.0 cm³/mol. The Labute approximate surface area is 102 Å². The number of hydrazine groups is 1. The van der Waals surface area contributed by atoms with E-state index in [1.807, 2.05) is 20.8 Å². The molecule has 1 heterocycles. The molecule has 4 N–H and O–H groups in total. The summed E-state index contributed by atoms with van der Waals surface area (Å²) in [5.74, 6) is 4.90. The van der Waals surface area contributed by atoms with E-state index in [-0.39, 0.29) is 30.3 Å². The average Bonchev–Trinajstić information content (AvgIpc) is 2.26. The number of hydrogen-bond acceptors (Lipinski definition) is 5. The van der Waals surface area contributed by atoms with Gasteiger partial charge in [-0.3, -0.25) is 15.1 Å². The quantitative estimate of drug-likeness (QED) is 0.344. The Kier molecular flexibility index (Phi) is 4.88. The molecule has 6 heteroatoms. The van der Waals surface area contributed by atoms with Gasteiger partial charge in [0.1, 0.15) is 0 Å². The van der Waals surface area contributed by atoms with Crippen molar-refractivity contribution >= 4 is 5.91 Å². The number of carbonyl (C=O) groups excluding carboxylic acids is 1. The molecule has 1 amide bonds. The van der Waals surface area contributed by atoms with Gasteiger partial charge in [-0.05, 0) is 20.8 Å². The van der Waals surface area contributed by atoms with E-state index in [0.29, 0.717) is 13.0 Å². The maximum absolute atomic E-state index is 11.2. The first-order valence-corrected chi connectivity index (χ1v) is 5.90. The van der Waals surface area contributed by atoms with Crippen LogP contribution in [0.2, 0.25) is 0 Å². The molecule has 1 aliphatic rings. The van der Waals surface area contributed by atoms with Crippen molar-refractivity contribution in [2.75, 3.05) is 19.7 Å². The van der Waals surface area contributed by atoms with Crippen molar-refractivity contribution in [2.45, 2.75) is 44.9 Å². The van der Waals surface area contributed by atoms with Gasteiger partial charge in [-0.25, -0.2) is 5.84 Å². The molecule has 0 aromatic heterocycles. The van der Waals surface area contributed by atoms with Crippen LogP contribution < -0.4 is 11.3 Å². The third-order valence-electron chi connectivity index (χ3n) is 2.98. The summed E-state index contributed by atoms with van der Waals surface area (Å²) in [5.41, 5.74) is 1.83. The van der Waals surface area contributed by atoms with Crippen LogP contribution in [0.15, 0.2) is 0 Å². The van der Waals surface area contributed by atoms with Crippen molar-refractivity contribution in [1.82, 2.24) is 10.3 Å². The molecule has 0 spiro atoms. The first-order valence-electron chi connectivity index (χ1n) is 5.90. The first-order chi connectivity index (χ1) is 7.88. The highest BCUT2D eigenvalue weighted by molar-refractivity contribution is 5.75. The molecule has 0 aromatic carbocycles. The van der Waals surface area contributed by atoms with Gasteiger partial charge in [-0.15, -0.1) is 0 Å². The largest absolute Gasteiger partial charge is 0.394 e. The summed E-state index contributed by atoms with van der Waals surface area (Å²) in [7, 11) is 0. The van der Waals surface area contributed by atoms with E-state index in [1.165, 1.54) is 0 Å².